The van der Waals surface area contributed by atoms with Gasteiger partial charge in [-0.15, -0.1) is 0 Å². The van der Waals surface area contributed by atoms with E-state index in [0.29, 0.717) is 12.0 Å². The molecule has 0 spiro atoms. The maximum Gasteiger partial charge on any atom is 0.253 e. The van der Waals surface area contributed by atoms with Crippen molar-refractivity contribution in [1.82, 2.24) is 15.6 Å². The van der Waals surface area contributed by atoms with Crippen molar-refractivity contribution in [3.8, 4) is 0 Å². The monoisotopic (exact) mass is 289 g/mol. The Morgan fingerprint density at radius 2 is 2.05 bits per heavy atom. The smallest absolute Gasteiger partial charge is 0.253 e. The number of nitrogens with one attached hydrogen (secondary N) is 2. The van der Waals surface area contributed by atoms with E-state index in [-0.39, 0.29) is 23.7 Å². The van der Waals surface area contributed by atoms with Gasteiger partial charge in [0.05, 0.1) is 5.56 Å². The normalized spacial score (nSPS) is 19.1. The Morgan fingerprint density at radius 1 is 1.33 bits per heavy atom. The second-order valence-corrected chi connectivity index (χ2v) is 6.16. The molecule has 3 amide bonds. The quantitative estimate of drug-likeness (QED) is 0.792. The molecule has 1 saturated heterocycles. The highest BCUT2D eigenvalue weighted by Gasteiger charge is 2.28. The van der Waals surface area contributed by atoms with E-state index in [1.807, 2.05) is 20.8 Å². The number of hydrogen-bond donors (Lipinski definition) is 2. The fraction of sp³-hybridized carbons (Fsp3) is 0.467. The average Bonchev–Trinajstić information content (AvgIpc) is 2.41. The van der Waals surface area contributed by atoms with Crippen LogP contribution in [0.2, 0.25) is 0 Å². The molecule has 2 heterocycles. The Morgan fingerprint density at radius 3 is 2.57 bits per heavy atom. The third-order valence-electron chi connectivity index (χ3n) is 3.34. The van der Waals surface area contributed by atoms with E-state index in [4.69, 9.17) is 0 Å². The first kappa shape index (κ1) is 15.2. The first-order chi connectivity index (χ1) is 9.77. The number of nitrogens with zero attached hydrogens (tertiary/aromatic N) is 1. The van der Waals surface area contributed by atoms with Gasteiger partial charge < -0.3 is 5.32 Å². The third-order valence-corrected chi connectivity index (χ3v) is 3.34. The molecule has 2 rings (SSSR count). The molecule has 21 heavy (non-hydrogen) atoms. The van der Waals surface area contributed by atoms with Crippen LogP contribution in [0.25, 0.3) is 0 Å². The van der Waals surface area contributed by atoms with Crippen LogP contribution in [-0.4, -0.2) is 28.7 Å². The molecule has 1 aliphatic rings. The minimum absolute atomic E-state index is 0.0847. The summed E-state index contributed by atoms with van der Waals surface area (Å²) in [6.07, 6.45) is 2.06. The van der Waals surface area contributed by atoms with E-state index in [1.165, 1.54) is 6.20 Å². The van der Waals surface area contributed by atoms with Crippen molar-refractivity contribution in [2.75, 3.05) is 0 Å². The number of carbonyl (C=O) groups is 3. The van der Waals surface area contributed by atoms with Gasteiger partial charge in [-0.3, -0.25) is 24.7 Å². The van der Waals surface area contributed by atoms with Crippen LogP contribution in [-0.2, 0) is 15.0 Å². The summed E-state index contributed by atoms with van der Waals surface area (Å²) in [5.74, 6) is -1.13. The standard InChI is InChI=1S/C15H19N3O3/c1-15(2,3)11-6-4-9(8-16-11)13(20)17-10-5-7-12(19)18-14(10)21/h4,6,8,10H,5,7H2,1-3H3,(H,17,20)(H,18,19,21). The van der Waals surface area contributed by atoms with Gasteiger partial charge in [0.25, 0.3) is 5.91 Å². The molecule has 0 radical (unpaired) electrons. The second-order valence-electron chi connectivity index (χ2n) is 6.16. The first-order valence-electron chi connectivity index (χ1n) is 6.88. The van der Waals surface area contributed by atoms with Gasteiger partial charge in [0, 0.05) is 23.7 Å². The van der Waals surface area contributed by atoms with Crippen molar-refractivity contribution in [2.45, 2.75) is 45.1 Å². The molecule has 0 bridgehead atoms. The molecule has 1 atom stereocenters. The van der Waals surface area contributed by atoms with E-state index >= 15 is 0 Å². The molecule has 0 aliphatic carbocycles. The number of hydrogen-bond acceptors (Lipinski definition) is 4. The molecular formula is C15H19N3O3. The third kappa shape index (κ3) is 3.65. The van der Waals surface area contributed by atoms with Gasteiger partial charge in [-0.05, 0) is 18.6 Å². The predicted octanol–water partition coefficient (Wildman–Crippen LogP) is 0.914. The summed E-state index contributed by atoms with van der Waals surface area (Å²) in [5, 5.41) is 4.83. The van der Waals surface area contributed by atoms with Gasteiger partial charge in [0.2, 0.25) is 11.8 Å². The van der Waals surface area contributed by atoms with Crippen LogP contribution in [0.4, 0.5) is 0 Å². The summed E-state index contributed by atoms with van der Waals surface area (Å²) in [7, 11) is 0. The van der Waals surface area contributed by atoms with E-state index in [2.05, 4.69) is 15.6 Å². The summed E-state index contributed by atoms with van der Waals surface area (Å²) in [5.41, 5.74) is 1.20. The Kier molecular flexibility index (Phi) is 4.06. The molecule has 1 unspecified atom stereocenters. The lowest BCUT2D eigenvalue weighted by molar-refractivity contribution is -0.134. The summed E-state index contributed by atoms with van der Waals surface area (Å²) in [6, 6.07) is 2.83. The summed E-state index contributed by atoms with van der Waals surface area (Å²) < 4.78 is 0. The Labute approximate surface area is 123 Å². The lowest BCUT2D eigenvalue weighted by atomic mass is 9.91. The number of pyridine rings is 1. The molecule has 0 saturated carbocycles. The summed E-state index contributed by atoms with van der Waals surface area (Å²) >= 11 is 0. The second kappa shape index (κ2) is 5.63. The molecule has 2 N–H and O–H groups in total. The zero-order chi connectivity index (χ0) is 15.6. The largest absolute Gasteiger partial charge is 0.340 e. The van der Waals surface area contributed by atoms with Gasteiger partial charge >= 0.3 is 0 Å². The highest BCUT2D eigenvalue weighted by molar-refractivity contribution is 6.03. The highest BCUT2D eigenvalue weighted by atomic mass is 16.2. The Hall–Kier alpha value is -2.24. The van der Waals surface area contributed by atoms with Crippen LogP contribution < -0.4 is 10.6 Å². The Balaban J connectivity index is 2.04. The van der Waals surface area contributed by atoms with Gasteiger partial charge in [-0.25, -0.2) is 0 Å². The fourth-order valence-electron chi connectivity index (χ4n) is 2.04. The molecule has 1 aromatic rings. The lowest BCUT2D eigenvalue weighted by Gasteiger charge is -2.22. The van der Waals surface area contributed by atoms with Crippen LogP contribution in [0.15, 0.2) is 18.3 Å². The van der Waals surface area contributed by atoms with Crippen molar-refractivity contribution in [3.63, 3.8) is 0 Å². The van der Waals surface area contributed by atoms with Crippen molar-refractivity contribution >= 4 is 17.7 Å². The molecule has 112 valence electrons. The zero-order valence-corrected chi connectivity index (χ0v) is 12.4. The van der Waals surface area contributed by atoms with Crippen LogP contribution in [0.5, 0.6) is 0 Å². The Bertz CT molecular complexity index is 573. The summed E-state index contributed by atoms with van der Waals surface area (Å²) in [4.78, 5) is 39.0. The highest BCUT2D eigenvalue weighted by Crippen LogP contribution is 2.19. The molecule has 0 aromatic carbocycles. The first-order valence-corrected chi connectivity index (χ1v) is 6.88. The molecule has 1 aliphatic heterocycles. The topological polar surface area (TPSA) is 88.2 Å². The maximum absolute atomic E-state index is 12.1. The molecule has 1 fully saturated rings. The number of piperidine rings is 1. The molecule has 6 nitrogen and oxygen atoms in total. The van der Waals surface area contributed by atoms with Gasteiger partial charge in [0.1, 0.15) is 6.04 Å². The van der Waals surface area contributed by atoms with Gasteiger partial charge in [-0.1, -0.05) is 20.8 Å². The van der Waals surface area contributed by atoms with Crippen molar-refractivity contribution < 1.29 is 14.4 Å². The average molecular weight is 289 g/mol. The van der Waals surface area contributed by atoms with Crippen LogP contribution >= 0.6 is 0 Å². The maximum atomic E-state index is 12.1. The van der Waals surface area contributed by atoms with Crippen molar-refractivity contribution in [2.24, 2.45) is 0 Å². The molecule has 1 aromatic heterocycles. The van der Waals surface area contributed by atoms with Crippen LogP contribution in [0.3, 0.4) is 0 Å². The summed E-state index contributed by atoms with van der Waals surface area (Å²) in [6.45, 7) is 6.12. The molecular weight excluding hydrogens is 270 g/mol. The number of aromatic nitrogens is 1. The number of rotatable bonds is 2. The number of imide groups is 1. The van der Waals surface area contributed by atoms with Crippen LogP contribution in [0.1, 0.15) is 49.7 Å². The van der Waals surface area contributed by atoms with Gasteiger partial charge in [0.15, 0.2) is 0 Å². The van der Waals surface area contributed by atoms with E-state index < -0.39 is 11.9 Å². The zero-order valence-electron chi connectivity index (χ0n) is 12.4. The minimum atomic E-state index is -0.669. The molecule has 6 heteroatoms. The van der Waals surface area contributed by atoms with Gasteiger partial charge in [-0.2, -0.15) is 0 Å². The minimum Gasteiger partial charge on any atom is -0.340 e. The number of carbonyl (C=O) groups excluding carboxylic acids is 3. The van der Waals surface area contributed by atoms with E-state index in [9.17, 15) is 14.4 Å². The SMILES string of the molecule is CC(C)(C)c1ccc(C(=O)NC2CCC(=O)NC2=O)cn1. The van der Waals surface area contributed by atoms with E-state index in [1.54, 1.807) is 12.1 Å². The van der Waals surface area contributed by atoms with Crippen molar-refractivity contribution in [1.29, 1.82) is 0 Å². The number of amides is 3. The predicted molar refractivity (Wildman–Crippen MR) is 76.6 cm³/mol. The van der Waals surface area contributed by atoms with E-state index in [0.717, 1.165) is 5.69 Å². The fourth-order valence-corrected chi connectivity index (χ4v) is 2.04. The lowest BCUT2D eigenvalue weighted by Crippen LogP contribution is -2.52. The van der Waals surface area contributed by atoms with Crippen LogP contribution in [0, 0.1) is 0 Å². The van der Waals surface area contributed by atoms with Crippen molar-refractivity contribution in [3.05, 3.63) is 29.6 Å².